The van der Waals surface area contributed by atoms with Gasteiger partial charge in [-0.2, -0.15) is 0 Å². The second kappa shape index (κ2) is 16.8. The summed E-state index contributed by atoms with van der Waals surface area (Å²) < 4.78 is 47.2. The van der Waals surface area contributed by atoms with Crippen molar-refractivity contribution >= 4 is 25.6 Å². The van der Waals surface area contributed by atoms with E-state index >= 15 is 0 Å². The summed E-state index contributed by atoms with van der Waals surface area (Å²) in [5.41, 5.74) is 1.84. The first-order chi connectivity index (χ1) is 19.1. The van der Waals surface area contributed by atoms with Crippen molar-refractivity contribution in [1.29, 1.82) is 0 Å². The third-order valence-corrected chi connectivity index (χ3v) is 8.36. The minimum atomic E-state index is -3.42. The number of rotatable bonds is 6. The molecule has 3 rings (SSSR count). The summed E-state index contributed by atoms with van der Waals surface area (Å²) in [5.74, 6) is 0. The fraction of sp³-hybridized carbons (Fsp3) is 0.615. The molecule has 12 nitrogen and oxygen atoms in total. The molecule has 3 heterocycles. The number of pyridine rings is 2. The number of nitrogens with zero attached hydrogens (tertiary/aromatic N) is 4. The number of aromatic nitrogens is 2. The molecule has 0 saturated carbocycles. The maximum absolute atomic E-state index is 12.0. The van der Waals surface area contributed by atoms with Crippen LogP contribution < -0.4 is 10.9 Å². The zero-order valence-electron chi connectivity index (χ0n) is 23.4. The van der Waals surface area contributed by atoms with Crippen LogP contribution in [0, 0.1) is 0 Å². The van der Waals surface area contributed by atoms with Gasteiger partial charge >= 0.3 is 0 Å². The molecule has 0 spiro atoms. The van der Waals surface area contributed by atoms with Gasteiger partial charge in [0.15, 0.2) is 0 Å². The molecule has 0 aliphatic carbocycles. The predicted octanol–water partition coefficient (Wildman–Crippen LogP) is 0.912. The molecule has 2 unspecified atom stereocenters. The van der Waals surface area contributed by atoms with Crippen LogP contribution in [0.4, 0.5) is 0 Å². The van der Waals surface area contributed by atoms with E-state index < -0.39 is 14.7 Å². The smallest absolute Gasteiger partial charge is 0.244 e. The SMILES string of the molecule is CP(=O)(O)c1cccc(CN2CCOCCOCCN(Cc3cccc(P(C)(=O)O)n3)CCOCCOCC2)n1. The fourth-order valence-corrected chi connectivity index (χ4v) is 5.34. The van der Waals surface area contributed by atoms with Crippen LogP contribution in [-0.4, -0.2) is 122 Å². The second-order valence-electron chi connectivity index (χ2n) is 9.73. The Morgan fingerprint density at radius 2 is 0.950 bits per heavy atom. The van der Waals surface area contributed by atoms with Gasteiger partial charge in [0.25, 0.3) is 0 Å². The highest BCUT2D eigenvalue weighted by molar-refractivity contribution is 7.65. The fourth-order valence-electron chi connectivity index (χ4n) is 3.99. The number of hydrogen-bond donors (Lipinski definition) is 2. The van der Waals surface area contributed by atoms with Crippen molar-refractivity contribution in [3.05, 3.63) is 47.8 Å². The van der Waals surface area contributed by atoms with E-state index in [1.165, 1.54) is 13.3 Å². The number of ether oxygens (including phenoxy) is 4. The van der Waals surface area contributed by atoms with Crippen LogP contribution in [0.3, 0.4) is 0 Å². The van der Waals surface area contributed by atoms with Gasteiger partial charge in [0, 0.05) is 52.6 Å². The highest BCUT2D eigenvalue weighted by Gasteiger charge is 2.18. The molecule has 1 aliphatic heterocycles. The van der Waals surface area contributed by atoms with Crippen LogP contribution in [0.2, 0.25) is 0 Å². The van der Waals surface area contributed by atoms with E-state index in [1.54, 1.807) is 24.3 Å². The van der Waals surface area contributed by atoms with E-state index in [4.69, 9.17) is 18.9 Å². The zero-order chi connectivity index (χ0) is 28.8. The maximum atomic E-state index is 12.0. The minimum Gasteiger partial charge on any atom is -0.378 e. The van der Waals surface area contributed by atoms with Crippen molar-refractivity contribution in [3.8, 4) is 0 Å². The standard InChI is InChI=1S/C26H42N4O8P2/c1-39(31,32)25-7-3-5-23(27-25)21-29-9-13-35-17-19-37-15-11-30(12-16-38-20-18-36-14-10-29)22-24-6-4-8-26(28-24)40(2,33)34/h3-8H,9-22H2,1-2H3,(H,31,32)(H,33,34). The summed E-state index contributed by atoms with van der Waals surface area (Å²) in [5, 5.41) is 0. The average molecular weight is 601 g/mol. The van der Waals surface area contributed by atoms with Gasteiger partial charge < -0.3 is 28.7 Å². The van der Waals surface area contributed by atoms with E-state index in [-0.39, 0.29) is 10.9 Å². The van der Waals surface area contributed by atoms with Gasteiger partial charge in [-0.3, -0.25) is 18.9 Å². The van der Waals surface area contributed by atoms with E-state index in [1.807, 2.05) is 12.1 Å². The van der Waals surface area contributed by atoms with Crippen LogP contribution >= 0.6 is 14.7 Å². The van der Waals surface area contributed by atoms with E-state index in [0.29, 0.717) is 104 Å². The highest BCUT2D eigenvalue weighted by Crippen LogP contribution is 2.33. The third kappa shape index (κ3) is 12.5. The Labute approximate surface area is 236 Å². The first-order valence-corrected chi connectivity index (χ1v) is 17.6. The van der Waals surface area contributed by atoms with Crippen LogP contribution in [0.5, 0.6) is 0 Å². The van der Waals surface area contributed by atoms with Gasteiger partial charge in [-0.15, -0.1) is 0 Å². The second-order valence-corrected chi connectivity index (χ2v) is 14.2. The summed E-state index contributed by atoms with van der Waals surface area (Å²) in [6.45, 7) is 10.00. The van der Waals surface area contributed by atoms with Gasteiger partial charge in [0.05, 0.1) is 64.2 Å². The highest BCUT2D eigenvalue weighted by atomic mass is 31.2. The lowest BCUT2D eigenvalue weighted by atomic mass is 10.3. The topological polar surface area (TPSA) is 144 Å². The molecule has 1 aliphatic rings. The molecule has 1 saturated heterocycles. The Balaban J connectivity index is 1.50. The molecule has 14 heteroatoms. The third-order valence-electron chi connectivity index (χ3n) is 6.16. The molecule has 0 aromatic carbocycles. The summed E-state index contributed by atoms with van der Waals surface area (Å²) in [7, 11) is -6.85. The quantitative estimate of drug-likeness (QED) is 0.455. The van der Waals surface area contributed by atoms with Crippen molar-refractivity contribution in [2.75, 3.05) is 92.4 Å². The lowest BCUT2D eigenvalue weighted by Crippen LogP contribution is -2.33. The Morgan fingerprint density at radius 1 is 0.625 bits per heavy atom. The molecule has 0 amide bonds. The molecule has 40 heavy (non-hydrogen) atoms. The van der Waals surface area contributed by atoms with Crippen molar-refractivity contribution < 1.29 is 37.9 Å². The summed E-state index contributed by atoms with van der Waals surface area (Å²) in [6.07, 6.45) is 0. The van der Waals surface area contributed by atoms with Gasteiger partial charge in [-0.05, 0) is 24.3 Å². The van der Waals surface area contributed by atoms with Crippen LogP contribution in [0.1, 0.15) is 11.4 Å². The van der Waals surface area contributed by atoms with Crippen molar-refractivity contribution in [3.63, 3.8) is 0 Å². The molecular weight excluding hydrogens is 558 g/mol. The Kier molecular flexibility index (Phi) is 13.8. The van der Waals surface area contributed by atoms with Crippen molar-refractivity contribution in [1.82, 2.24) is 19.8 Å². The first kappa shape index (κ1) is 32.9. The van der Waals surface area contributed by atoms with E-state index in [0.717, 1.165) is 0 Å². The van der Waals surface area contributed by atoms with Crippen LogP contribution in [0.25, 0.3) is 0 Å². The molecule has 1 fully saturated rings. The normalized spacial score (nSPS) is 21.5. The molecule has 224 valence electrons. The van der Waals surface area contributed by atoms with Gasteiger partial charge in [0.1, 0.15) is 10.9 Å². The molecule has 2 atom stereocenters. The molecule has 2 aromatic rings. The Bertz CT molecular complexity index is 1020. The van der Waals surface area contributed by atoms with E-state index in [9.17, 15) is 18.9 Å². The largest absolute Gasteiger partial charge is 0.378 e. The minimum absolute atomic E-state index is 0.202. The lowest BCUT2D eigenvalue weighted by Gasteiger charge is -2.23. The summed E-state index contributed by atoms with van der Waals surface area (Å²) in [4.78, 5) is 32.8. The molecular formula is C26H42N4O8P2. The van der Waals surface area contributed by atoms with Crippen molar-refractivity contribution in [2.24, 2.45) is 0 Å². The Morgan fingerprint density at radius 3 is 1.25 bits per heavy atom. The predicted molar refractivity (Wildman–Crippen MR) is 153 cm³/mol. The van der Waals surface area contributed by atoms with Crippen molar-refractivity contribution in [2.45, 2.75) is 13.1 Å². The van der Waals surface area contributed by atoms with Gasteiger partial charge in [-0.25, -0.2) is 9.97 Å². The first-order valence-electron chi connectivity index (χ1n) is 13.4. The molecule has 0 bridgehead atoms. The average Bonchev–Trinajstić information content (AvgIpc) is 2.90. The number of hydrogen-bond acceptors (Lipinski definition) is 10. The molecule has 2 N–H and O–H groups in total. The van der Waals surface area contributed by atoms with Crippen LogP contribution in [-0.2, 0) is 41.2 Å². The molecule has 0 radical (unpaired) electrons. The lowest BCUT2D eigenvalue weighted by molar-refractivity contribution is 0.00600. The Hall–Kier alpha value is -1.56. The molecule has 2 aromatic heterocycles. The zero-order valence-corrected chi connectivity index (χ0v) is 25.2. The van der Waals surface area contributed by atoms with Gasteiger partial charge in [-0.1, -0.05) is 12.1 Å². The van der Waals surface area contributed by atoms with Gasteiger partial charge in [0.2, 0.25) is 14.7 Å². The van der Waals surface area contributed by atoms with Crippen LogP contribution in [0.15, 0.2) is 36.4 Å². The summed E-state index contributed by atoms with van der Waals surface area (Å²) >= 11 is 0. The maximum Gasteiger partial charge on any atom is 0.244 e. The monoisotopic (exact) mass is 600 g/mol. The van der Waals surface area contributed by atoms with E-state index in [2.05, 4.69) is 19.8 Å². The summed E-state index contributed by atoms with van der Waals surface area (Å²) in [6, 6.07) is 10.3.